The first-order chi connectivity index (χ1) is 8.59. The molecule has 0 aromatic rings. The molecule has 3 rings (SSSR count). The molecule has 0 aliphatic carbocycles. The lowest BCUT2D eigenvalue weighted by atomic mass is 9.91. The van der Waals surface area contributed by atoms with Gasteiger partial charge in [-0.15, -0.1) is 0 Å². The van der Waals surface area contributed by atoms with E-state index >= 15 is 0 Å². The van der Waals surface area contributed by atoms with Crippen LogP contribution in [-0.4, -0.2) is 59.5 Å². The van der Waals surface area contributed by atoms with Gasteiger partial charge in [-0.25, -0.2) is 0 Å². The lowest BCUT2D eigenvalue weighted by Gasteiger charge is -2.48. The zero-order valence-electron chi connectivity index (χ0n) is 11.6. The minimum Gasteiger partial charge on any atom is -0.338 e. The third-order valence-corrected chi connectivity index (χ3v) is 4.96. The number of carbonyl (C=O) groups is 1. The van der Waals surface area contributed by atoms with Crippen LogP contribution in [0.5, 0.6) is 0 Å². The van der Waals surface area contributed by atoms with E-state index in [0.29, 0.717) is 18.0 Å². The highest BCUT2D eigenvalue weighted by Crippen LogP contribution is 2.34. The zero-order chi connectivity index (χ0) is 12.8. The van der Waals surface area contributed by atoms with E-state index in [1.54, 1.807) is 0 Å². The van der Waals surface area contributed by atoms with Crippen molar-refractivity contribution in [3.8, 4) is 0 Å². The number of nitrogens with one attached hydrogen (secondary N) is 1. The number of nitrogens with zero attached hydrogens (tertiary/aromatic N) is 2. The van der Waals surface area contributed by atoms with Gasteiger partial charge in [-0.05, 0) is 33.1 Å². The SMILES string of the molecule is CC1(C)CNCCN1C1CC(=O)N2CCCCC12. The maximum absolute atomic E-state index is 12.2. The summed E-state index contributed by atoms with van der Waals surface area (Å²) in [5.41, 5.74) is 0.177. The standard InChI is InChI=1S/C14H25N3O/c1-14(2)10-15-6-8-17(14)12-9-13(18)16-7-4-3-5-11(12)16/h11-12,15H,3-10H2,1-2H3. The summed E-state index contributed by atoms with van der Waals surface area (Å²) in [6.07, 6.45) is 4.43. The van der Waals surface area contributed by atoms with Crippen LogP contribution in [0.1, 0.15) is 39.5 Å². The van der Waals surface area contributed by atoms with Crippen LogP contribution in [0.3, 0.4) is 0 Å². The third-order valence-electron chi connectivity index (χ3n) is 4.96. The van der Waals surface area contributed by atoms with Crippen molar-refractivity contribution in [2.75, 3.05) is 26.2 Å². The molecular formula is C14H25N3O. The first-order valence-electron chi connectivity index (χ1n) is 7.36. The van der Waals surface area contributed by atoms with Crippen LogP contribution in [0.2, 0.25) is 0 Å². The fourth-order valence-electron chi connectivity index (χ4n) is 4.03. The highest BCUT2D eigenvalue weighted by atomic mass is 16.2. The smallest absolute Gasteiger partial charge is 0.224 e. The summed E-state index contributed by atoms with van der Waals surface area (Å²) < 4.78 is 0. The van der Waals surface area contributed by atoms with Crippen molar-refractivity contribution >= 4 is 5.91 Å². The van der Waals surface area contributed by atoms with Crippen LogP contribution in [0.4, 0.5) is 0 Å². The zero-order valence-corrected chi connectivity index (χ0v) is 11.6. The Balaban J connectivity index is 1.81. The maximum atomic E-state index is 12.2. The van der Waals surface area contributed by atoms with Crippen molar-refractivity contribution in [1.29, 1.82) is 0 Å². The number of rotatable bonds is 1. The summed E-state index contributed by atoms with van der Waals surface area (Å²) in [4.78, 5) is 16.9. The van der Waals surface area contributed by atoms with Crippen molar-refractivity contribution in [3.63, 3.8) is 0 Å². The van der Waals surface area contributed by atoms with E-state index in [9.17, 15) is 4.79 Å². The summed E-state index contributed by atoms with van der Waals surface area (Å²) in [6, 6.07) is 0.943. The summed E-state index contributed by atoms with van der Waals surface area (Å²) in [5, 5.41) is 3.47. The summed E-state index contributed by atoms with van der Waals surface area (Å²) >= 11 is 0. The molecule has 1 N–H and O–H groups in total. The Morgan fingerprint density at radius 1 is 1.22 bits per heavy atom. The Labute approximate surface area is 110 Å². The Kier molecular flexibility index (Phi) is 3.10. The van der Waals surface area contributed by atoms with E-state index < -0.39 is 0 Å². The van der Waals surface area contributed by atoms with E-state index in [-0.39, 0.29) is 5.54 Å². The molecule has 18 heavy (non-hydrogen) atoms. The van der Waals surface area contributed by atoms with Crippen molar-refractivity contribution in [1.82, 2.24) is 15.1 Å². The van der Waals surface area contributed by atoms with E-state index in [1.807, 2.05) is 0 Å². The molecule has 102 valence electrons. The van der Waals surface area contributed by atoms with Gasteiger partial charge >= 0.3 is 0 Å². The highest BCUT2D eigenvalue weighted by Gasteiger charge is 2.47. The molecule has 0 bridgehead atoms. The van der Waals surface area contributed by atoms with Gasteiger partial charge in [-0.3, -0.25) is 9.69 Å². The van der Waals surface area contributed by atoms with Gasteiger partial charge in [0.15, 0.2) is 0 Å². The Hall–Kier alpha value is -0.610. The molecule has 1 amide bonds. The average Bonchev–Trinajstić information content (AvgIpc) is 2.67. The molecule has 4 nitrogen and oxygen atoms in total. The molecule has 3 aliphatic rings. The number of piperazine rings is 1. The number of hydrogen-bond acceptors (Lipinski definition) is 3. The van der Waals surface area contributed by atoms with E-state index in [0.717, 1.165) is 32.6 Å². The fraction of sp³-hybridized carbons (Fsp3) is 0.929. The summed E-state index contributed by atoms with van der Waals surface area (Å²) in [7, 11) is 0. The van der Waals surface area contributed by atoms with Crippen molar-refractivity contribution in [2.45, 2.75) is 57.2 Å². The molecule has 0 radical (unpaired) electrons. The van der Waals surface area contributed by atoms with Crippen molar-refractivity contribution < 1.29 is 4.79 Å². The molecule has 4 heteroatoms. The van der Waals surface area contributed by atoms with E-state index in [1.165, 1.54) is 19.3 Å². The summed E-state index contributed by atoms with van der Waals surface area (Å²) in [6.45, 7) is 8.76. The second-order valence-electron chi connectivity index (χ2n) is 6.60. The molecular weight excluding hydrogens is 226 g/mol. The van der Waals surface area contributed by atoms with Gasteiger partial charge in [-0.2, -0.15) is 0 Å². The minimum absolute atomic E-state index is 0.177. The van der Waals surface area contributed by atoms with Crippen LogP contribution in [0.25, 0.3) is 0 Å². The van der Waals surface area contributed by atoms with Crippen LogP contribution >= 0.6 is 0 Å². The topological polar surface area (TPSA) is 35.6 Å². The predicted molar refractivity (Wildman–Crippen MR) is 71.4 cm³/mol. The largest absolute Gasteiger partial charge is 0.338 e. The monoisotopic (exact) mass is 251 g/mol. The van der Waals surface area contributed by atoms with Crippen molar-refractivity contribution in [2.24, 2.45) is 0 Å². The number of carbonyl (C=O) groups excluding carboxylic acids is 1. The van der Waals surface area contributed by atoms with Gasteiger partial charge in [0.2, 0.25) is 5.91 Å². The molecule has 3 saturated heterocycles. The molecule has 3 heterocycles. The molecule has 3 aliphatic heterocycles. The first kappa shape index (κ1) is 12.4. The number of amides is 1. The lowest BCUT2D eigenvalue weighted by Crippen LogP contribution is -2.63. The van der Waals surface area contributed by atoms with Crippen LogP contribution < -0.4 is 5.32 Å². The van der Waals surface area contributed by atoms with Crippen LogP contribution in [-0.2, 0) is 4.79 Å². The molecule has 2 atom stereocenters. The van der Waals surface area contributed by atoms with Gasteiger partial charge in [0.25, 0.3) is 0 Å². The molecule has 0 aromatic heterocycles. The maximum Gasteiger partial charge on any atom is 0.224 e. The lowest BCUT2D eigenvalue weighted by molar-refractivity contribution is -0.129. The first-order valence-corrected chi connectivity index (χ1v) is 7.36. The predicted octanol–water partition coefficient (Wildman–Crippen LogP) is 0.824. The molecule has 3 fully saturated rings. The van der Waals surface area contributed by atoms with E-state index in [4.69, 9.17) is 0 Å². The third kappa shape index (κ3) is 1.95. The van der Waals surface area contributed by atoms with Crippen LogP contribution in [0.15, 0.2) is 0 Å². The van der Waals surface area contributed by atoms with Gasteiger partial charge < -0.3 is 10.2 Å². The van der Waals surface area contributed by atoms with Gasteiger partial charge in [0.1, 0.15) is 0 Å². The van der Waals surface area contributed by atoms with Gasteiger partial charge in [0.05, 0.1) is 0 Å². The Morgan fingerprint density at radius 2 is 2.06 bits per heavy atom. The van der Waals surface area contributed by atoms with E-state index in [2.05, 4.69) is 29.0 Å². The molecule has 2 unspecified atom stereocenters. The Morgan fingerprint density at radius 3 is 2.83 bits per heavy atom. The molecule has 0 aromatic carbocycles. The van der Waals surface area contributed by atoms with Crippen LogP contribution in [0, 0.1) is 0 Å². The Bertz CT molecular complexity index is 342. The summed E-state index contributed by atoms with van der Waals surface area (Å²) in [5.74, 6) is 0.388. The number of hydrogen-bond donors (Lipinski definition) is 1. The fourth-order valence-corrected chi connectivity index (χ4v) is 4.03. The second kappa shape index (κ2) is 4.49. The quantitative estimate of drug-likeness (QED) is 0.749. The highest BCUT2D eigenvalue weighted by molar-refractivity contribution is 5.80. The second-order valence-corrected chi connectivity index (χ2v) is 6.60. The molecule has 0 saturated carbocycles. The normalized spacial score (nSPS) is 36.8. The van der Waals surface area contributed by atoms with Gasteiger partial charge in [0, 0.05) is 50.2 Å². The van der Waals surface area contributed by atoms with Gasteiger partial charge in [-0.1, -0.05) is 0 Å². The minimum atomic E-state index is 0.177. The molecule has 0 spiro atoms. The number of piperidine rings is 1. The average molecular weight is 251 g/mol. The van der Waals surface area contributed by atoms with Crippen molar-refractivity contribution in [3.05, 3.63) is 0 Å². The number of fused-ring (bicyclic) bond motifs is 1.